The van der Waals surface area contributed by atoms with Gasteiger partial charge in [-0.1, -0.05) is 38.3 Å². The van der Waals surface area contributed by atoms with Gasteiger partial charge in [-0.05, 0) is 25.7 Å². The van der Waals surface area contributed by atoms with Crippen LogP contribution in [-0.2, 0) is 4.79 Å². The highest BCUT2D eigenvalue weighted by Gasteiger charge is 1.97. The zero-order valence-electron chi connectivity index (χ0n) is 9.18. The van der Waals surface area contributed by atoms with Crippen LogP contribution in [-0.4, -0.2) is 6.29 Å². The summed E-state index contributed by atoms with van der Waals surface area (Å²) in [5, 5.41) is 0. The topological polar surface area (TPSA) is 17.1 Å². The quantitative estimate of drug-likeness (QED) is 0.333. The van der Waals surface area contributed by atoms with Crippen LogP contribution in [0, 0.1) is 5.92 Å². The summed E-state index contributed by atoms with van der Waals surface area (Å²) < 4.78 is 0. The molecule has 0 radical (unpaired) electrons. The van der Waals surface area contributed by atoms with Gasteiger partial charge in [-0.3, -0.25) is 0 Å². The van der Waals surface area contributed by atoms with Crippen LogP contribution in [0.5, 0.6) is 0 Å². The molecule has 0 aromatic heterocycles. The zero-order valence-corrected chi connectivity index (χ0v) is 9.18. The van der Waals surface area contributed by atoms with E-state index in [1.807, 2.05) is 0 Å². The molecule has 0 aromatic rings. The number of rotatable bonds is 7. The highest BCUT2D eigenvalue weighted by molar-refractivity contribution is 5.50. The summed E-state index contributed by atoms with van der Waals surface area (Å²) in [6.07, 6.45) is 8.95. The van der Waals surface area contributed by atoms with Crippen LogP contribution in [0.2, 0.25) is 0 Å². The molecule has 0 aliphatic carbocycles. The summed E-state index contributed by atoms with van der Waals surface area (Å²) in [4.78, 5) is 10.2. The second kappa shape index (κ2) is 8.03. The van der Waals surface area contributed by atoms with Crippen molar-refractivity contribution in [1.82, 2.24) is 0 Å². The highest BCUT2D eigenvalue weighted by Crippen LogP contribution is 2.12. The Balaban J connectivity index is 3.66. The molecule has 1 nitrogen and oxygen atoms in total. The van der Waals surface area contributed by atoms with Crippen molar-refractivity contribution in [2.24, 2.45) is 5.92 Å². The van der Waals surface area contributed by atoms with Gasteiger partial charge in [-0.2, -0.15) is 0 Å². The largest absolute Gasteiger partial charge is 0.303 e. The van der Waals surface area contributed by atoms with Crippen molar-refractivity contribution in [2.75, 3.05) is 0 Å². The first-order valence-electron chi connectivity index (χ1n) is 5.31. The molecule has 0 aromatic carbocycles. The Kier molecular flexibility index (Phi) is 7.66. The van der Waals surface area contributed by atoms with E-state index in [-0.39, 0.29) is 0 Å². The molecule has 0 N–H and O–H groups in total. The van der Waals surface area contributed by atoms with Crippen molar-refractivity contribution in [3.05, 3.63) is 11.6 Å². The van der Waals surface area contributed by atoms with E-state index in [1.165, 1.54) is 31.3 Å². The standard InChI is InChI=1S/C12H22O/c1-4-5-6-7-11(2)10-12(3)8-9-13/h9-10,12H,4-8H2,1-3H3. The Morgan fingerprint density at radius 1 is 1.38 bits per heavy atom. The van der Waals surface area contributed by atoms with Crippen molar-refractivity contribution in [3.63, 3.8) is 0 Å². The van der Waals surface area contributed by atoms with Crippen LogP contribution >= 0.6 is 0 Å². The maximum Gasteiger partial charge on any atom is 0.120 e. The molecule has 0 heterocycles. The average Bonchev–Trinajstić information content (AvgIpc) is 2.05. The fourth-order valence-corrected chi connectivity index (χ4v) is 1.44. The average molecular weight is 182 g/mol. The molecule has 0 rings (SSSR count). The molecular formula is C12H22O. The smallest absolute Gasteiger partial charge is 0.120 e. The van der Waals surface area contributed by atoms with Crippen molar-refractivity contribution in [2.45, 2.75) is 52.9 Å². The van der Waals surface area contributed by atoms with Gasteiger partial charge in [0.15, 0.2) is 0 Å². The molecule has 76 valence electrons. The molecule has 0 spiro atoms. The lowest BCUT2D eigenvalue weighted by Gasteiger charge is -2.04. The van der Waals surface area contributed by atoms with E-state index in [4.69, 9.17) is 0 Å². The van der Waals surface area contributed by atoms with Crippen LogP contribution in [0.25, 0.3) is 0 Å². The maximum absolute atomic E-state index is 10.2. The van der Waals surface area contributed by atoms with E-state index in [0.29, 0.717) is 12.3 Å². The number of allylic oxidation sites excluding steroid dienone is 2. The molecule has 1 unspecified atom stereocenters. The number of carbonyl (C=O) groups is 1. The third-order valence-electron chi connectivity index (χ3n) is 2.21. The van der Waals surface area contributed by atoms with E-state index in [9.17, 15) is 4.79 Å². The maximum atomic E-state index is 10.2. The molecule has 0 bridgehead atoms. The van der Waals surface area contributed by atoms with Gasteiger partial charge in [0, 0.05) is 6.42 Å². The van der Waals surface area contributed by atoms with Gasteiger partial charge in [0.05, 0.1) is 0 Å². The molecule has 1 atom stereocenters. The van der Waals surface area contributed by atoms with Gasteiger partial charge >= 0.3 is 0 Å². The third kappa shape index (κ3) is 7.76. The number of aldehydes is 1. The third-order valence-corrected chi connectivity index (χ3v) is 2.21. The van der Waals surface area contributed by atoms with Gasteiger partial charge in [-0.25, -0.2) is 0 Å². The number of hydrogen-bond acceptors (Lipinski definition) is 1. The first-order valence-corrected chi connectivity index (χ1v) is 5.31. The predicted octanol–water partition coefficient (Wildman–Crippen LogP) is 3.74. The summed E-state index contributed by atoms with van der Waals surface area (Å²) in [6, 6.07) is 0. The lowest BCUT2D eigenvalue weighted by Crippen LogP contribution is -1.92. The molecule has 1 heteroatoms. The lowest BCUT2D eigenvalue weighted by atomic mass is 10.0. The molecule has 0 fully saturated rings. The minimum Gasteiger partial charge on any atom is -0.303 e. The van der Waals surface area contributed by atoms with Gasteiger partial charge in [0.2, 0.25) is 0 Å². The van der Waals surface area contributed by atoms with E-state index in [2.05, 4.69) is 26.8 Å². The molecule has 13 heavy (non-hydrogen) atoms. The number of unbranched alkanes of at least 4 members (excludes halogenated alkanes) is 2. The summed E-state index contributed by atoms with van der Waals surface area (Å²) in [7, 11) is 0. The van der Waals surface area contributed by atoms with Crippen molar-refractivity contribution in [3.8, 4) is 0 Å². The molecule has 0 aliphatic rings. The minimum atomic E-state index is 0.416. The van der Waals surface area contributed by atoms with Crippen LogP contribution in [0.15, 0.2) is 11.6 Å². The minimum absolute atomic E-state index is 0.416. The van der Waals surface area contributed by atoms with E-state index < -0.39 is 0 Å². The van der Waals surface area contributed by atoms with Crippen molar-refractivity contribution in [1.29, 1.82) is 0 Å². The summed E-state index contributed by atoms with van der Waals surface area (Å²) in [6.45, 7) is 6.47. The first-order chi connectivity index (χ1) is 6.20. The van der Waals surface area contributed by atoms with Crippen LogP contribution in [0.4, 0.5) is 0 Å². The second-order valence-corrected chi connectivity index (χ2v) is 3.85. The summed E-state index contributed by atoms with van der Waals surface area (Å²) in [5.41, 5.74) is 1.43. The zero-order chi connectivity index (χ0) is 10.1. The van der Waals surface area contributed by atoms with Gasteiger partial charge in [0.25, 0.3) is 0 Å². The van der Waals surface area contributed by atoms with Crippen LogP contribution < -0.4 is 0 Å². The molecule has 0 amide bonds. The highest BCUT2D eigenvalue weighted by atomic mass is 16.1. The second-order valence-electron chi connectivity index (χ2n) is 3.85. The van der Waals surface area contributed by atoms with Crippen molar-refractivity contribution >= 4 is 6.29 Å². The predicted molar refractivity (Wildman–Crippen MR) is 57.7 cm³/mol. The lowest BCUT2D eigenvalue weighted by molar-refractivity contribution is -0.108. The SMILES string of the molecule is CCCCCC(C)=CC(C)CC=O. The number of hydrogen-bond donors (Lipinski definition) is 0. The van der Waals surface area contributed by atoms with E-state index >= 15 is 0 Å². The van der Waals surface area contributed by atoms with Gasteiger partial charge in [-0.15, -0.1) is 0 Å². The Morgan fingerprint density at radius 3 is 2.62 bits per heavy atom. The van der Waals surface area contributed by atoms with Gasteiger partial charge in [0.1, 0.15) is 6.29 Å². The Bertz CT molecular complexity index is 159. The molecule has 0 saturated carbocycles. The van der Waals surface area contributed by atoms with E-state index in [0.717, 1.165) is 6.29 Å². The Hall–Kier alpha value is -0.590. The number of carbonyl (C=O) groups excluding carboxylic acids is 1. The van der Waals surface area contributed by atoms with Crippen LogP contribution in [0.3, 0.4) is 0 Å². The molecular weight excluding hydrogens is 160 g/mol. The molecule has 0 saturated heterocycles. The Morgan fingerprint density at radius 2 is 2.08 bits per heavy atom. The molecule has 0 aliphatic heterocycles. The fourth-order valence-electron chi connectivity index (χ4n) is 1.44. The van der Waals surface area contributed by atoms with Crippen molar-refractivity contribution < 1.29 is 4.79 Å². The van der Waals surface area contributed by atoms with E-state index in [1.54, 1.807) is 0 Å². The fraction of sp³-hybridized carbons (Fsp3) is 0.750. The first kappa shape index (κ1) is 12.4. The summed E-state index contributed by atoms with van der Waals surface area (Å²) >= 11 is 0. The Labute approximate surface area is 82.2 Å². The normalized spacial score (nSPS) is 14.2. The van der Waals surface area contributed by atoms with Gasteiger partial charge < -0.3 is 4.79 Å². The monoisotopic (exact) mass is 182 g/mol. The summed E-state index contributed by atoms with van der Waals surface area (Å²) in [5.74, 6) is 0.416. The van der Waals surface area contributed by atoms with Crippen LogP contribution in [0.1, 0.15) is 52.9 Å².